The van der Waals surface area contributed by atoms with Gasteiger partial charge in [0.25, 0.3) is 0 Å². The number of fused-ring (bicyclic) bond motifs is 6. The van der Waals surface area contributed by atoms with E-state index in [0.717, 1.165) is 77.2 Å². The molecule has 9 rings (SSSR count). The van der Waals surface area contributed by atoms with Gasteiger partial charge in [0.1, 0.15) is 6.07 Å². The Morgan fingerprint density at radius 3 is 1.54 bits per heavy atom. The zero-order valence-corrected chi connectivity index (χ0v) is 26.7. The van der Waals surface area contributed by atoms with Gasteiger partial charge in [-0.25, -0.2) is 0 Å². The average Bonchev–Trinajstić information content (AvgIpc) is 3.69. The SMILES string of the molecule is N#Cc1ccc2c(c1)c1ccccc1n2-c1ccc(-c2cccc(-n3c4ccccc4c4cc(C#N)ccc43)c2-c2ccccc2)cc1C#N. The van der Waals surface area contributed by atoms with Crippen molar-refractivity contribution in [1.82, 2.24) is 9.13 Å². The van der Waals surface area contributed by atoms with E-state index in [0.29, 0.717) is 16.7 Å². The van der Waals surface area contributed by atoms with Crippen molar-refractivity contribution in [1.29, 1.82) is 15.8 Å². The zero-order chi connectivity index (χ0) is 33.8. The number of hydrogen-bond acceptors (Lipinski definition) is 3. The van der Waals surface area contributed by atoms with E-state index in [1.165, 1.54) is 0 Å². The van der Waals surface area contributed by atoms with Gasteiger partial charge in [-0.1, -0.05) is 84.9 Å². The second-order valence-electron chi connectivity index (χ2n) is 12.3. The Morgan fingerprint density at radius 1 is 0.380 bits per heavy atom. The molecule has 0 bridgehead atoms. The first-order valence-corrected chi connectivity index (χ1v) is 16.3. The summed E-state index contributed by atoms with van der Waals surface area (Å²) < 4.78 is 4.40. The molecule has 2 aromatic heterocycles. The van der Waals surface area contributed by atoms with Crippen LogP contribution in [-0.2, 0) is 0 Å². The van der Waals surface area contributed by atoms with Crippen LogP contribution in [0, 0.1) is 34.0 Å². The summed E-state index contributed by atoms with van der Waals surface area (Å²) in [6.45, 7) is 0. The first-order chi connectivity index (χ1) is 24.7. The van der Waals surface area contributed by atoms with Gasteiger partial charge in [0.2, 0.25) is 0 Å². The fraction of sp³-hybridized carbons (Fsp3) is 0. The Balaban J connectivity index is 1.31. The predicted molar refractivity (Wildman–Crippen MR) is 200 cm³/mol. The molecule has 0 atom stereocenters. The number of nitrogens with zero attached hydrogens (tertiary/aromatic N) is 5. The van der Waals surface area contributed by atoms with E-state index in [1.807, 2.05) is 91.0 Å². The molecule has 2 heterocycles. The van der Waals surface area contributed by atoms with Crippen LogP contribution in [0.5, 0.6) is 0 Å². The predicted octanol–water partition coefficient (Wildman–Crippen LogP) is 10.8. The van der Waals surface area contributed by atoms with Gasteiger partial charge in [-0.3, -0.25) is 0 Å². The van der Waals surface area contributed by atoms with Crippen molar-refractivity contribution in [2.45, 2.75) is 0 Å². The summed E-state index contributed by atoms with van der Waals surface area (Å²) in [5, 5.41) is 34.1. The maximum atomic E-state index is 10.7. The molecule has 0 aliphatic heterocycles. The number of nitriles is 3. The minimum atomic E-state index is 0.542. The molecule has 0 N–H and O–H groups in total. The van der Waals surface area contributed by atoms with Gasteiger partial charge in [-0.2, -0.15) is 15.8 Å². The number of para-hydroxylation sites is 2. The molecule has 0 spiro atoms. The summed E-state index contributed by atoms with van der Waals surface area (Å²) in [5.74, 6) is 0. The Morgan fingerprint density at radius 2 is 0.940 bits per heavy atom. The smallest absolute Gasteiger partial charge is 0.101 e. The van der Waals surface area contributed by atoms with E-state index in [4.69, 9.17) is 0 Å². The Hall–Kier alpha value is -7.39. The Bertz CT molecular complexity index is 2960. The van der Waals surface area contributed by atoms with E-state index in [2.05, 4.69) is 88.0 Å². The quantitative estimate of drug-likeness (QED) is 0.193. The molecule has 0 aliphatic rings. The highest BCUT2D eigenvalue weighted by Crippen LogP contribution is 2.42. The lowest BCUT2D eigenvalue weighted by atomic mass is 9.91. The molecule has 0 aliphatic carbocycles. The van der Waals surface area contributed by atoms with Gasteiger partial charge >= 0.3 is 0 Å². The van der Waals surface area contributed by atoms with Gasteiger partial charge in [-0.05, 0) is 83.4 Å². The third-order valence-corrected chi connectivity index (χ3v) is 9.62. The van der Waals surface area contributed by atoms with Gasteiger partial charge < -0.3 is 9.13 Å². The molecule has 9 aromatic rings. The number of benzene rings is 7. The Labute approximate surface area is 287 Å². The molecule has 0 fully saturated rings. The first kappa shape index (κ1) is 28.8. The lowest BCUT2D eigenvalue weighted by Crippen LogP contribution is -2.01. The van der Waals surface area contributed by atoms with Gasteiger partial charge in [0.05, 0.1) is 62.3 Å². The van der Waals surface area contributed by atoms with Crippen molar-refractivity contribution >= 4 is 43.6 Å². The fourth-order valence-corrected chi connectivity index (χ4v) is 7.47. The maximum absolute atomic E-state index is 10.7. The summed E-state index contributed by atoms with van der Waals surface area (Å²) in [4.78, 5) is 0. The van der Waals surface area contributed by atoms with Gasteiger partial charge in [0.15, 0.2) is 0 Å². The van der Waals surface area contributed by atoms with Crippen molar-refractivity contribution in [2.24, 2.45) is 0 Å². The van der Waals surface area contributed by atoms with Crippen LogP contribution in [0.3, 0.4) is 0 Å². The Kier molecular flexibility index (Phi) is 6.56. The molecule has 7 aromatic carbocycles. The molecule has 0 saturated carbocycles. The van der Waals surface area contributed by atoms with Gasteiger partial charge in [0, 0.05) is 27.1 Å². The lowest BCUT2D eigenvalue weighted by Gasteiger charge is -2.19. The number of aromatic nitrogens is 2. The standard InChI is InChI=1S/C45H25N5/c46-26-29-17-20-42-37(23-29)35-11-4-6-14-40(35)49(42)39-22-19-32(25-33(39)28-48)34-13-8-16-44(45(34)31-9-2-1-3-10-31)50-41-15-7-5-12-36(41)38-24-30(27-47)18-21-43(38)50/h1-25H. The average molecular weight is 636 g/mol. The maximum Gasteiger partial charge on any atom is 0.101 e. The zero-order valence-electron chi connectivity index (χ0n) is 26.7. The van der Waals surface area contributed by atoms with Crippen molar-refractivity contribution < 1.29 is 0 Å². The molecule has 0 saturated heterocycles. The van der Waals surface area contributed by atoms with E-state index >= 15 is 0 Å². The molecule has 0 unspecified atom stereocenters. The molecule has 0 radical (unpaired) electrons. The first-order valence-electron chi connectivity index (χ1n) is 16.3. The topological polar surface area (TPSA) is 81.2 Å². The number of rotatable bonds is 4. The molecule has 230 valence electrons. The summed E-state index contributed by atoms with van der Waals surface area (Å²) in [6, 6.07) is 57.8. The summed E-state index contributed by atoms with van der Waals surface area (Å²) in [5.41, 5.74) is 11.5. The summed E-state index contributed by atoms with van der Waals surface area (Å²) in [6.07, 6.45) is 0. The van der Waals surface area contributed by atoms with E-state index in [1.54, 1.807) is 0 Å². The molecular weight excluding hydrogens is 611 g/mol. The number of hydrogen-bond donors (Lipinski definition) is 0. The summed E-state index contributed by atoms with van der Waals surface area (Å²) in [7, 11) is 0. The molecule has 50 heavy (non-hydrogen) atoms. The monoisotopic (exact) mass is 635 g/mol. The van der Waals surface area contributed by atoms with Crippen LogP contribution in [0.2, 0.25) is 0 Å². The highest BCUT2D eigenvalue weighted by Gasteiger charge is 2.21. The van der Waals surface area contributed by atoms with E-state index < -0.39 is 0 Å². The highest BCUT2D eigenvalue weighted by molar-refractivity contribution is 6.11. The minimum absolute atomic E-state index is 0.542. The van der Waals surface area contributed by atoms with Crippen LogP contribution in [0.1, 0.15) is 16.7 Å². The second-order valence-corrected chi connectivity index (χ2v) is 12.3. The van der Waals surface area contributed by atoms with Crippen LogP contribution < -0.4 is 0 Å². The minimum Gasteiger partial charge on any atom is -0.309 e. The molecule has 0 amide bonds. The highest BCUT2D eigenvalue weighted by atomic mass is 15.0. The van der Waals surface area contributed by atoms with Gasteiger partial charge in [-0.15, -0.1) is 0 Å². The van der Waals surface area contributed by atoms with E-state index in [9.17, 15) is 15.8 Å². The van der Waals surface area contributed by atoms with E-state index in [-0.39, 0.29) is 0 Å². The summed E-state index contributed by atoms with van der Waals surface area (Å²) >= 11 is 0. The third-order valence-electron chi connectivity index (χ3n) is 9.62. The van der Waals surface area contributed by atoms with Crippen LogP contribution in [0.25, 0.3) is 77.2 Å². The van der Waals surface area contributed by atoms with Crippen LogP contribution >= 0.6 is 0 Å². The fourth-order valence-electron chi connectivity index (χ4n) is 7.47. The van der Waals surface area contributed by atoms with Crippen LogP contribution in [0.4, 0.5) is 0 Å². The van der Waals surface area contributed by atoms with Crippen LogP contribution in [0.15, 0.2) is 152 Å². The molecule has 5 nitrogen and oxygen atoms in total. The molecule has 5 heteroatoms. The van der Waals surface area contributed by atoms with Crippen molar-refractivity contribution in [2.75, 3.05) is 0 Å². The third kappa shape index (κ3) is 4.31. The second kappa shape index (κ2) is 11.4. The lowest BCUT2D eigenvalue weighted by molar-refractivity contribution is 1.17. The van der Waals surface area contributed by atoms with Crippen molar-refractivity contribution in [3.05, 3.63) is 168 Å². The van der Waals surface area contributed by atoms with Crippen molar-refractivity contribution in [3.63, 3.8) is 0 Å². The molecular formula is C45H25N5. The van der Waals surface area contributed by atoms with Crippen molar-refractivity contribution in [3.8, 4) is 51.8 Å². The largest absolute Gasteiger partial charge is 0.309 e. The van der Waals surface area contributed by atoms with Crippen LogP contribution in [-0.4, -0.2) is 9.13 Å². The normalized spacial score (nSPS) is 11.1.